The number of allylic oxidation sites excluding steroid dienone is 4. The molecule has 2 aliphatic carbocycles. The number of fused-ring (bicyclic) bond motifs is 2. The second-order valence-corrected chi connectivity index (χ2v) is 16.8. The highest BCUT2D eigenvalue weighted by molar-refractivity contribution is 6.35. The number of hydrogen-bond acceptors (Lipinski definition) is 9. The molecule has 58 heavy (non-hydrogen) atoms. The summed E-state index contributed by atoms with van der Waals surface area (Å²) < 4.78 is 24.8. The summed E-state index contributed by atoms with van der Waals surface area (Å²) in [6, 6.07) is 13.7. The van der Waals surface area contributed by atoms with Crippen LogP contribution in [0.5, 0.6) is 0 Å². The van der Waals surface area contributed by atoms with E-state index < -0.39 is 5.79 Å². The Morgan fingerprint density at radius 1 is 0.931 bits per heavy atom. The molecule has 0 N–H and O–H groups in total. The topological polar surface area (TPSA) is 105 Å². The van der Waals surface area contributed by atoms with E-state index in [0.717, 1.165) is 62.6 Å². The quantitative estimate of drug-likeness (QED) is 0.147. The van der Waals surface area contributed by atoms with Crippen LogP contribution in [0, 0.1) is 5.92 Å². The van der Waals surface area contributed by atoms with E-state index >= 15 is 0 Å². The fourth-order valence-corrected chi connectivity index (χ4v) is 9.13. The third kappa shape index (κ3) is 9.10. The minimum absolute atomic E-state index is 0.0620. The highest BCUT2D eigenvalue weighted by Gasteiger charge is 2.46. The van der Waals surface area contributed by atoms with Crippen LogP contribution in [-0.2, 0) is 26.5 Å². The molecule has 2 aromatic heterocycles. The van der Waals surface area contributed by atoms with Crippen LogP contribution in [0.2, 0.25) is 10.0 Å². The maximum absolute atomic E-state index is 13.0. The molecular weight excluding hydrogens is 775 g/mol. The van der Waals surface area contributed by atoms with Gasteiger partial charge in [-0.25, -0.2) is 23.7 Å². The second kappa shape index (κ2) is 18.3. The number of ether oxygens (including phenoxy) is 3. The number of rotatable bonds is 11. The van der Waals surface area contributed by atoms with E-state index in [1.54, 1.807) is 38.7 Å². The Hall–Kier alpha value is -4.36. The molecule has 14 heteroatoms. The molecule has 12 nitrogen and oxygen atoms in total. The van der Waals surface area contributed by atoms with Crippen molar-refractivity contribution in [3.8, 4) is 5.69 Å². The van der Waals surface area contributed by atoms with Crippen LogP contribution >= 0.6 is 23.2 Å². The van der Waals surface area contributed by atoms with Gasteiger partial charge in [0.1, 0.15) is 44.0 Å². The van der Waals surface area contributed by atoms with Crippen LogP contribution < -0.4 is 10.6 Å². The molecule has 0 radical (unpaired) electrons. The highest BCUT2D eigenvalue weighted by Crippen LogP contribution is 2.41. The average Bonchev–Trinajstić information content (AvgIpc) is 4.00. The van der Waals surface area contributed by atoms with Gasteiger partial charge in [0.15, 0.2) is 0 Å². The van der Waals surface area contributed by atoms with Gasteiger partial charge in [-0.15, -0.1) is 0 Å². The molecule has 4 aliphatic rings. The molecule has 0 amide bonds. The number of aromatic nitrogens is 6. The maximum atomic E-state index is 13.0. The Balaban J connectivity index is 0.956. The third-order valence-electron chi connectivity index (χ3n) is 12.0. The summed E-state index contributed by atoms with van der Waals surface area (Å²) in [5.74, 6) is 0.223. The van der Waals surface area contributed by atoms with Gasteiger partial charge < -0.3 is 24.0 Å². The van der Waals surface area contributed by atoms with Crippen molar-refractivity contribution < 1.29 is 14.2 Å². The average molecular weight is 830 g/mol. The second-order valence-electron chi connectivity index (χ2n) is 16.0. The van der Waals surface area contributed by atoms with Crippen LogP contribution in [0.3, 0.4) is 0 Å². The summed E-state index contributed by atoms with van der Waals surface area (Å²) in [7, 11) is 0. The number of halogens is 2. The molecular formula is C44H54Cl2N8O4. The molecule has 2 saturated heterocycles. The van der Waals surface area contributed by atoms with Crippen LogP contribution in [-0.4, -0.2) is 79.5 Å². The zero-order valence-corrected chi connectivity index (χ0v) is 35.0. The lowest BCUT2D eigenvalue weighted by atomic mass is 9.86. The third-order valence-corrected chi connectivity index (χ3v) is 12.6. The monoisotopic (exact) mass is 828 g/mol. The van der Waals surface area contributed by atoms with Gasteiger partial charge in [0.25, 0.3) is 0 Å². The first kappa shape index (κ1) is 40.4. The van der Waals surface area contributed by atoms with E-state index in [0.29, 0.717) is 34.7 Å². The Bertz CT molecular complexity index is 2160. The van der Waals surface area contributed by atoms with E-state index in [2.05, 4.69) is 62.3 Å². The molecule has 1 saturated carbocycles. The Kier molecular flexibility index (Phi) is 12.7. The predicted molar refractivity (Wildman–Crippen MR) is 226 cm³/mol. The van der Waals surface area contributed by atoms with Gasteiger partial charge in [-0.05, 0) is 99.1 Å². The molecule has 0 spiro atoms. The molecule has 8 rings (SSSR count). The largest absolute Gasteiger partial charge is 0.491 e. The summed E-state index contributed by atoms with van der Waals surface area (Å²) in [6.07, 6.45) is 21.7. The summed E-state index contributed by atoms with van der Waals surface area (Å²) in [5, 5.41) is 9.67. The maximum Gasteiger partial charge on any atom is 0.350 e. The summed E-state index contributed by atoms with van der Waals surface area (Å²) in [5.41, 5.74) is 5.21. The minimum Gasteiger partial charge on any atom is -0.491 e. The SMILES string of the molecule is CCC(C)n1ncn(-c2ccc(N3CCN(C4=C\[C@H]5CCCCCCC\C(=C(OC[C@H]6CO[C@](Cn7cncn7)(c7ccc(Cl)cc7Cl)O6)/C=C\4)C5)CC3)cc2)c1=O. The molecule has 308 valence electrons. The Morgan fingerprint density at radius 2 is 1.71 bits per heavy atom. The lowest BCUT2D eigenvalue weighted by Crippen LogP contribution is -2.45. The standard InChI is InChI=1S/C44H54Cl2N8O4/c1-3-32(2)54-43(55)53(31-49-54)37-14-12-36(13-15-37)50-19-21-51(22-20-50)38-16-18-42(34-10-8-6-4-5-7-9-33(23-34)24-38)56-26-39-27-57-44(58-39,28-52-30-47-29-48-52)40-17-11-35(45)25-41(40)46/h11-18,24-25,29-33,39H,3-10,19-23,26-28H2,1-2H3/b18-16-,38-24-,42-34-/t32?,33-,39-,44-/m0/s1. The number of benzene rings is 2. The van der Waals surface area contributed by atoms with Crippen molar-refractivity contribution >= 4 is 28.9 Å². The molecule has 1 unspecified atom stereocenters. The van der Waals surface area contributed by atoms with Gasteiger partial charge in [-0.1, -0.05) is 68.0 Å². The van der Waals surface area contributed by atoms with Crippen molar-refractivity contribution in [3.05, 3.63) is 123 Å². The first-order valence-electron chi connectivity index (χ1n) is 20.9. The van der Waals surface area contributed by atoms with Crippen LogP contribution in [0.15, 0.2) is 101 Å². The summed E-state index contributed by atoms with van der Waals surface area (Å²) in [4.78, 5) is 22.1. The van der Waals surface area contributed by atoms with Gasteiger partial charge in [0, 0.05) is 48.1 Å². The molecule has 3 fully saturated rings. The molecule has 2 bridgehead atoms. The molecule has 2 aromatic carbocycles. The van der Waals surface area contributed by atoms with E-state index in [9.17, 15) is 4.79 Å². The Labute approximate surface area is 350 Å². The normalized spacial score (nSPS) is 26.4. The van der Waals surface area contributed by atoms with Crippen molar-refractivity contribution in [1.82, 2.24) is 34.0 Å². The minimum atomic E-state index is -1.17. The van der Waals surface area contributed by atoms with E-state index in [1.165, 1.54) is 56.1 Å². The number of nitrogens with zero attached hydrogens (tertiary/aromatic N) is 8. The van der Waals surface area contributed by atoms with Crippen molar-refractivity contribution in [1.29, 1.82) is 0 Å². The fraction of sp³-hybridized carbons (Fsp3) is 0.500. The number of anilines is 1. The van der Waals surface area contributed by atoms with Gasteiger partial charge in [0.2, 0.25) is 5.79 Å². The molecule has 4 atom stereocenters. The Morgan fingerprint density at radius 3 is 2.48 bits per heavy atom. The summed E-state index contributed by atoms with van der Waals surface area (Å²) in [6.45, 7) is 8.65. The molecule has 4 aromatic rings. The zero-order valence-electron chi connectivity index (χ0n) is 33.5. The number of hydrogen-bond donors (Lipinski definition) is 0. The first-order valence-corrected chi connectivity index (χ1v) is 21.6. The lowest BCUT2D eigenvalue weighted by molar-refractivity contribution is -0.191. The van der Waals surface area contributed by atoms with Gasteiger partial charge >= 0.3 is 5.69 Å². The van der Waals surface area contributed by atoms with Crippen molar-refractivity contribution in [2.24, 2.45) is 5.92 Å². The van der Waals surface area contributed by atoms with E-state index in [1.807, 2.05) is 25.1 Å². The fourth-order valence-electron chi connectivity index (χ4n) is 8.58. The van der Waals surface area contributed by atoms with Crippen molar-refractivity contribution in [2.45, 2.75) is 96.1 Å². The van der Waals surface area contributed by atoms with Crippen LogP contribution in [0.1, 0.15) is 83.2 Å². The van der Waals surface area contributed by atoms with E-state index in [4.69, 9.17) is 37.4 Å². The van der Waals surface area contributed by atoms with E-state index in [-0.39, 0.29) is 24.4 Å². The van der Waals surface area contributed by atoms with Gasteiger partial charge in [0.05, 0.1) is 23.4 Å². The predicted octanol–water partition coefficient (Wildman–Crippen LogP) is 8.47. The highest BCUT2D eigenvalue weighted by atomic mass is 35.5. The van der Waals surface area contributed by atoms with Gasteiger partial charge in [-0.3, -0.25) is 0 Å². The van der Waals surface area contributed by atoms with Crippen LogP contribution in [0.25, 0.3) is 5.69 Å². The van der Waals surface area contributed by atoms with Crippen LogP contribution in [0.4, 0.5) is 5.69 Å². The van der Waals surface area contributed by atoms with Crippen molar-refractivity contribution in [3.63, 3.8) is 0 Å². The first-order chi connectivity index (χ1) is 28.3. The molecule has 2 aliphatic heterocycles. The smallest absolute Gasteiger partial charge is 0.350 e. The molecule has 4 heterocycles. The van der Waals surface area contributed by atoms with Gasteiger partial charge in [-0.2, -0.15) is 10.2 Å². The summed E-state index contributed by atoms with van der Waals surface area (Å²) >= 11 is 13.0. The zero-order chi connectivity index (χ0) is 40.1. The lowest BCUT2D eigenvalue weighted by Gasteiger charge is -2.38. The van der Waals surface area contributed by atoms with Crippen molar-refractivity contribution in [2.75, 3.05) is 44.3 Å². The number of piperazine rings is 1.